The highest BCUT2D eigenvalue weighted by Crippen LogP contribution is 2.37. The minimum atomic E-state index is -0.358. The summed E-state index contributed by atoms with van der Waals surface area (Å²) in [4.78, 5) is 10.7. The SMILES string of the molecule is O=[N+]([O-])c1ccc2c(c1NCc1ccco1)CCN2. The zero-order chi connectivity index (χ0) is 13.2. The average Bonchev–Trinajstić information content (AvgIpc) is 3.06. The van der Waals surface area contributed by atoms with E-state index in [2.05, 4.69) is 10.6 Å². The van der Waals surface area contributed by atoms with Gasteiger partial charge in [-0.25, -0.2) is 0 Å². The first-order valence-electron chi connectivity index (χ1n) is 6.06. The molecule has 6 nitrogen and oxygen atoms in total. The molecule has 2 N–H and O–H groups in total. The zero-order valence-corrected chi connectivity index (χ0v) is 10.2. The van der Waals surface area contributed by atoms with E-state index in [0.29, 0.717) is 12.2 Å². The minimum Gasteiger partial charge on any atom is -0.467 e. The van der Waals surface area contributed by atoms with E-state index >= 15 is 0 Å². The van der Waals surface area contributed by atoms with Crippen molar-refractivity contribution in [1.29, 1.82) is 0 Å². The Morgan fingerprint density at radius 1 is 1.42 bits per heavy atom. The number of anilines is 2. The maximum atomic E-state index is 11.1. The Morgan fingerprint density at radius 3 is 3.05 bits per heavy atom. The van der Waals surface area contributed by atoms with Crippen LogP contribution in [0.2, 0.25) is 0 Å². The molecule has 1 aliphatic rings. The summed E-state index contributed by atoms with van der Waals surface area (Å²) in [5.74, 6) is 0.748. The van der Waals surface area contributed by atoms with Crippen LogP contribution in [-0.2, 0) is 13.0 Å². The predicted octanol–water partition coefficient (Wildman–Crippen LogP) is 2.77. The molecule has 1 aliphatic heterocycles. The van der Waals surface area contributed by atoms with E-state index in [-0.39, 0.29) is 10.6 Å². The summed E-state index contributed by atoms with van der Waals surface area (Å²) in [6.45, 7) is 1.25. The van der Waals surface area contributed by atoms with Crippen LogP contribution < -0.4 is 10.6 Å². The van der Waals surface area contributed by atoms with Crippen LogP contribution >= 0.6 is 0 Å². The van der Waals surface area contributed by atoms with E-state index < -0.39 is 0 Å². The summed E-state index contributed by atoms with van der Waals surface area (Å²) in [6.07, 6.45) is 2.37. The highest BCUT2D eigenvalue weighted by atomic mass is 16.6. The Kier molecular flexibility index (Phi) is 2.83. The molecule has 1 aromatic heterocycles. The van der Waals surface area contributed by atoms with Crippen LogP contribution in [0, 0.1) is 10.1 Å². The van der Waals surface area contributed by atoms with Crippen LogP contribution in [0.15, 0.2) is 34.9 Å². The van der Waals surface area contributed by atoms with Crippen molar-refractivity contribution >= 4 is 17.1 Å². The molecule has 0 atom stereocenters. The number of nitrogens with one attached hydrogen (secondary N) is 2. The molecule has 0 unspecified atom stereocenters. The van der Waals surface area contributed by atoms with Crippen molar-refractivity contribution in [3.8, 4) is 0 Å². The number of hydrogen-bond donors (Lipinski definition) is 2. The summed E-state index contributed by atoms with van der Waals surface area (Å²) < 4.78 is 5.23. The number of fused-ring (bicyclic) bond motifs is 1. The van der Waals surface area contributed by atoms with Crippen LogP contribution in [0.4, 0.5) is 17.1 Å². The van der Waals surface area contributed by atoms with Gasteiger partial charge in [-0.1, -0.05) is 0 Å². The third-order valence-electron chi connectivity index (χ3n) is 3.20. The number of rotatable bonds is 4. The number of hydrogen-bond acceptors (Lipinski definition) is 5. The standard InChI is InChI=1S/C13H13N3O3/c17-16(18)12-4-3-11-10(5-6-14-11)13(12)15-8-9-2-1-7-19-9/h1-4,7,14-15H,5-6,8H2. The summed E-state index contributed by atoms with van der Waals surface area (Å²) in [5, 5.41) is 17.4. The van der Waals surface area contributed by atoms with E-state index in [0.717, 1.165) is 30.0 Å². The first-order valence-corrected chi connectivity index (χ1v) is 6.06. The van der Waals surface area contributed by atoms with Crippen molar-refractivity contribution in [2.24, 2.45) is 0 Å². The van der Waals surface area contributed by atoms with Crippen molar-refractivity contribution < 1.29 is 9.34 Å². The normalized spacial score (nSPS) is 12.8. The lowest BCUT2D eigenvalue weighted by molar-refractivity contribution is -0.384. The Bertz CT molecular complexity index is 608. The summed E-state index contributed by atoms with van der Waals surface area (Å²) in [5.41, 5.74) is 2.63. The summed E-state index contributed by atoms with van der Waals surface area (Å²) >= 11 is 0. The summed E-state index contributed by atoms with van der Waals surface area (Å²) in [7, 11) is 0. The minimum absolute atomic E-state index is 0.106. The van der Waals surface area contributed by atoms with Gasteiger partial charge < -0.3 is 15.1 Å². The topological polar surface area (TPSA) is 80.3 Å². The van der Waals surface area contributed by atoms with Crippen LogP contribution in [-0.4, -0.2) is 11.5 Å². The molecule has 2 heterocycles. The molecule has 0 aliphatic carbocycles. The maximum absolute atomic E-state index is 11.1. The highest BCUT2D eigenvalue weighted by Gasteiger charge is 2.23. The molecule has 0 amide bonds. The van der Waals surface area contributed by atoms with E-state index in [9.17, 15) is 10.1 Å². The van der Waals surface area contributed by atoms with Crippen molar-refractivity contribution in [3.63, 3.8) is 0 Å². The van der Waals surface area contributed by atoms with Crippen LogP contribution in [0.1, 0.15) is 11.3 Å². The van der Waals surface area contributed by atoms with Gasteiger partial charge in [0.05, 0.1) is 17.7 Å². The van der Waals surface area contributed by atoms with Gasteiger partial charge in [0, 0.05) is 23.9 Å². The molecular formula is C13H13N3O3. The van der Waals surface area contributed by atoms with Gasteiger partial charge in [0.2, 0.25) is 0 Å². The van der Waals surface area contributed by atoms with Crippen molar-refractivity contribution in [2.75, 3.05) is 17.2 Å². The average molecular weight is 259 g/mol. The predicted molar refractivity (Wildman–Crippen MR) is 71.3 cm³/mol. The largest absolute Gasteiger partial charge is 0.467 e. The smallest absolute Gasteiger partial charge is 0.292 e. The van der Waals surface area contributed by atoms with E-state index in [1.807, 2.05) is 6.07 Å². The second-order valence-corrected chi connectivity index (χ2v) is 4.35. The van der Waals surface area contributed by atoms with Crippen molar-refractivity contribution in [1.82, 2.24) is 0 Å². The summed E-state index contributed by atoms with van der Waals surface area (Å²) in [6, 6.07) is 6.92. The molecule has 0 saturated heterocycles. The van der Waals surface area contributed by atoms with Gasteiger partial charge in [-0.15, -0.1) is 0 Å². The van der Waals surface area contributed by atoms with Gasteiger partial charge in [-0.3, -0.25) is 10.1 Å². The van der Waals surface area contributed by atoms with Crippen molar-refractivity contribution in [2.45, 2.75) is 13.0 Å². The number of nitrogens with zero attached hydrogens (tertiary/aromatic N) is 1. The van der Waals surface area contributed by atoms with E-state index in [1.54, 1.807) is 18.4 Å². The number of benzene rings is 1. The monoisotopic (exact) mass is 259 g/mol. The second-order valence-electron chi connectivity index (χ2n) is 4.35. The lowest BCUT2D eigenvalue weighted by atomic mass is 10.1. The van der Waals surface area contributed by atoms with Gasteiger partial charge >= 0.3 is 0 Å². The molecule has 98 valence electrons. The molecule has 0 radical (unpaired) electrons. The second kappa shape index (κ2) is 4.64. The van der Waals surface area contributed by atoms with Gasteiger partial charge in [0.1, 0.15) is 11.4 Å². The molecule has 1 aromatic carbocycles. The molecule has 6 heteroatoms. The van der Waals surface area contributed by atoms with E-state index in [1.165, 1.54) is 6.07 Å². The van der Waals surface area contributed by atoms with Gasteiger partial charge in [0.15, 0.2) is 0 Å². The first kappa shape index (κ1) is 11.6. The molecule has 19 heavy (non-hydrogen) atoms. The fourth-order valence-electron chi connectivity index (χ4n) is 2.32. The first-order chi connectivity index (χ1) is 9.25. The van der Waals surface area contributed by atoms with Gasteiger partial charge in [-0.05, 0) is 24.6 Å². The molecule has 0 fully saturated rings. The Labute approximate surface area is 109 Å². The lowest BCUT2D eigenvalue weighted by Crippen LogP contribution is -2.04. The Morgan fingerprint density at radius 2 is 2.32 bits per heavy atom. The third kappa shape index (κ3) is 2.12. The maximum Gasteiger partial charge on any atom is 0.292 e. The van der Waals surface area contributed by atoms with E-state index in [4.69, 9.17) is 4.42 Å². The molecule has 3 rings (SSSR count). The van der Waals surface area contributed by atoms with Crippen molar-refractivity contribution in [3.05, 3.63) is 52.0 Å². The number of furan rings is 1. The quantitative estimate of drug-likeness (QED) is 0.651. The fourth-order valence-corrected chi connectivity index (χ4v) is 2.32. The number of nitro benzene ring substituents is 1. The molecule has 2 aromatic rings. The highest BCUT2D eigenvalue weighted by molar-refractivity contribution is 5.76. The van der Waals surface area contributed by atoms with Crippen LogP contribution in [0.3, 0.4) is 0 Å². The Hall–Kier alpha value is -2.50. The number of nitro groups is 1. The lowest BCUT2D eigenvalue weighted by Gasteiger charge is -2.10. The van der Waals surface area contributed by atoms with Crippen LogP contribution in [0.25, 0.3) is 0 Å². The van der Waals surface area contributed by atoms with Gasteiger partial charge in [0.25, 0.3) is 5.69 Å². The van der Waals surface area contributed by atoms with Crippen LogP contribution in [0.5, 0.6) is 0 Å². The molecule has 0 bridgehead atoms. The molecule has 0 saturated carbocycles. The Balaban J connectivity index is 1.93. The fraction of sp³-hybridized carbons (Fsp3) is 0.231. The van der Waals surface area contributed by atoms with Gasteiger partial charge in [-0.2, -0.15) is 0 Å². The zero-order valence-electron chi connectivity index (χ0n) is 10.2. The third-order valence-corrected chi connectivity index (χ3v) is 3.20. The molecular weight excluding hydrogens is 246 g/mol. The molecule has 0 spiro atoms.